The molecule has 2 fully saturated rings. The molecule has 6 heteroatoms. The second kappa shape index (κ2) is 5.77. The molecular weight excluding hydrogens is 326 g/mol. The number of hydrogen-bond acceptors (Lipinski definition) is 6. The fourth-order valence-corrected chi connectivity index (χ4v) is 4.05. The first-order valence-corrected chi connectivity index (χ1v) is 9.32. The van der Waals surface area contributed by atoms with Crippen molar-refractivity contribution in [1.82, 2.24) is 19.9 Å². The SMILES string of the molecule is Cc1ncnc(N2CCN(C3(c4nc5ccccc5o4)CC3)CC2)c1C. The summed E-state index contributed by atoms with van der Waals surface area (Å²) in [6.07, 6.45) is 3.93. The molecule has 0 spiro atoms. The molecule has 0 bridgehead atoms. The van der Waals surface area contributed by atoms with Crippen molar-refractivity contribution in [1.29, 1.82) is 0 Å². The standard InChI is InChI=1S/C20H23N5O/c1-14-15(2)21-13-22-18(14)24-9-11-25(12-10-24)20(7-8-20)19-23-16-5-3-4-6-17(16)26-19/h3-6,13H,7-12H2,1-2H3. The Balaban J connectivity index is 1.36. The van der Waals surface area contributed by atoms with E-state index in [2.05, 4.69) is 26.7 Å². The molecule has 1 aliphatic carbocycles. The van der Waals surface area contributed by atoms with E-state index in [1.54, 1.807) is 6.33 Å². The number of benzene rings is 1. The van der Waals surface area contributed by atoms with E-state index in [-0.39, 0.29) is 5.54 Å². The van der Waals surface area contributed by atoms with Crippen molar-refractivity contribution in [2.45, 2.75) is 32.2 Å². The lowest BCUT2D eigenvalue weighted by atomic mass is 10.1. The average Bonchev–Trinajstić information content (AvgIpc) is 3.36. The molecule has 3 heterocycles. The van der Waals surface area contributed by atoms with Gasteiger partial charge < -0.3 is 9.32 Å². The Kier molecular flexibility index (Phi) is 3.50. The predicted octanol–water partition coefficient (Wildman–Crippen LogP) is 3.05. The third-order valence-corrected chi connectivity index (χ3v) is 5.91. The molecule has 26 heavy (non-hydrogen) atoms. The summed E-state index contributed by atoms with van der Waals surface area (Å²) in [5.74, 6) is 1.96. The zero-order valence-corrected chi connectivity index (χ0v) is 15.3. The van der Waals surface area contributed by atoms with Gasteiger partial charge in [0.2, 0.25) is 5.89 Å². The summed E-state index contributed by atoms with van der Waals surface area (Å²) in [5, 5.41) is 0. The Bertz CT molecular complexity index is 921. The Labute approximate surface area is 152 Å². The smallest absolute Gasteiger partial charge is 0.216 e. The molecule has 0 N–H and O–H groups in total. The molecule has 1 saturated carbocycles. The van der Waals surface area contributed by atoms with Crippen LogP contribution in [-0.2, 0) is 5.54 Å². The molecule has 1 aromatic carbocycles. The molecule has 134 valence electrons. The number of oxazole rings is 1. The molecule has 0 radical (unpaired) electrons. The number of fused-ring (bicyclic) bond motifs is 1. The van der Waals surface area contributed by atoms with Crippen molar-refractivity contribution in [3.63, 3.8) is 0 Å². The Morgan fingerprint density at radius 2 is 1.77 bits per heavy atom. The van der Waals surface area contributed by atoms with Gasteiger partial charge in [-0.15, -0.1) is 0 Å². The second-order valence-corrected chi connectivity index (χ2v) is 7.40. The number of aromatic nitrogens is 3. The minimum absolute atomic E-state index is 0.00173. The minimum Gasteiger partial charge on any atom is -0.439 e. The van der Waals surface area contributed by atoms with E-state index in [4.69, 9.17) is 9.40 Å². The average molecular weight is 349 g/mol. The summed E-state index contributed by atoms with van der Waals surface area (Å²) in [7, 11) is 0. The van der Waals surface area contributed by atoms with Crippen LogP contribution in [0.15, 0.2) is 35.0 Å². The summed E-state index contributed by atoms with van der Waals surface area (Å²) >= 11 is 0. The van der Waals surface area contributed by atoms with Crippen LogP contribution in [0.3, 0.4) is 0 Å². The van der Waals surface area contributed by atoms with Crippen LogP contribution in [0.1, 0.15) is 30.0 Å². The van der Waals surface area contributed by atoms with Gasteiger partial charge in [0.05, 0.1) is 5.54 Å². The molecule has 6 nitrogen and oxygen atoms in total. The summed E-state index contributed by atoms with van der Waals surface area (Å²) in [4.78, 5) is 18.5. The first-order valence-electron chi connectivity index (χ1n) is 9.32. The molecule has 5 rings (SSSR count). The highest BCUT2D eigenvalue weighted by atomic mass is 16.4. The van der Waals surface area contributed by atoms with Gasteiger partial charge in [-0.1, -0.05) is 12.1 Å². The van der Waals surface area contributed by atoms with Gasteiger partial charge in [0.25, 0.3) is 0 Å². The fourth-order valence-electron chi connectivity index (χ4n) is 4.05. The largest absolute Gasteiger partial charge is 0.439 e. The number of hydrogen-bond donors (Lipinski definition) is 0. The third-order valence-electron chi connectivity index (χ3n) is 5.91. The molecule has 0 unspecified atom stereocenters. The quantitative estimate of drug-likeness (QED) is 0.724. The number of nitrogens with zero attached hydrogens (tertiary/aromatic N) is 5. The summed E-state index contributed by atoms with van der Waals surface area (Å²) in [6, 6.07) is 8.04. The van der Waals surface area contributed by atoms with Crippen molar-refractivity contribution in [2.75, 3.05) is 31.1 Å². The van der Waals surface area contributed by atoms with Crippen molar-refractivity contribution >= 4 is 16.9 Å². The highest BCUT2D eigenvalue weighted by Gasteiger charge is 2.54. The van der Waals surface area contributed by atoms with Crippen LogP contribution in [0.25, 0.3) is 11.1 Å². The number of rotatable bonds is 3. The Hall–Kier alpha value is -2.47. The van der Waals surface area contributed by atoms with Crippen molar-refractivity contribution < 1.29 is 4.42 Å². The van der Waals surface area contributed by atoms with Gasteiger partial charge in [-0.25, -0.2) is 15.0 Å². The molecule has 3 aromatic rings. The number of aryl methyl sites for hydroxylation is 1. The predicted molar refractivity (Wildman–Crippen MR) is 100 cm³/mol. The van der Waals surface area contributed by atoms with Crippen molar-refractivity contribution in [3.05, 3.63) is 47.7 Å². The molecule has 0 atom stereocenters. The second-order valence-electron chi connectivity index (χ2n) is 7.40. The summed E-state index contributed by atoms with van der Waals surface area (Å²) < 4.78 is 6.11. The monoisotopic (exact) mass is 349 g/mol. The zero-order chi connectivity index (χ0) is 17.7. The maximum atomic E-state index is 6.11. The van der Waals surface area contributed by atoms with Gasteiger partial charge in [-0.05, 0) is 38.8 Å². The summed E-state index contributed by atoms with van der Waals surface area (Å²) in [5.41, 5.74) is 4.09. The van der Waals surface area contributed by atoms with E-state index in [0.29, 0.717) is 0 Å². The lowest BCUT2D eigenvalue weighted by molar-refractivity contribution is 0.141. The Morgan fingerprint density at radius 3 is 2.50 bits per heavy atom. The number of para-hydroxylation sites is 2. The minimum atomic E-state index is 0.00173. The number of anilines is 1. The van der Waals surface area contributed by atoms with Crippen LogP contribution in [0.5, 0.6) is 0 Å². The lowest BCUT2D eigenvalue weighted by Crippen LogP contribution is -2.51. The third kappa shape index (κ3) is 2.40. The molecule has 2 aliphatic rings. The van der Waals surface area contributed by atoms with Gasteiger partial charge in [0, 0.05) is 37.4 Å². The van der Waals surface area contributed by atoms with Gasteiger partial charge in [-0.2, -0.15) is 0 Å². The van der Waals surface area contributed by atoms with Crippen molar-refractivity contribution in [2.24, 2.45) is 0 Å². The van der Waals surface area contributed by atoms with Gasteiger partial charge in [-0.3, -0.25) is 4.90 Å². The van der Waals surface area contributed by atoms with E-state index in [9.17, 15) is 0 Å². The van der Waals surface area contributed by atoms with Crippen LogP contribution in [0, 0.1) is 13.8 Å². The van der Waals surface area contributed by atoms with Crippen LogP contribution >= 0.6 is 0 Å². The lowest BCUT2D eigenvalue weighted by Gasteiger charge is -2.39. The van der Waals surface area contributed by atoms with Crippen LogP contribution in [0.4, 0.5) is 5.82 Å². The summed E-state index contributed by atoms with van der Waals surface area (Å²) in [6.45, 7) is 8.10. The zero-order valence-electron chi connectivity index (χ0n) is 15.3. The molecule has 1 aliphatic heterocycles. The topological polar surface area (TPSA) is 58.3 Å². The van der Waals surface area contributed by atoms with Crippen LogP contribution in [0.2, 0.25) is 0 Å². The maximum absolute atomic E-state index is 6.11. The molecular formula is C20H23N5O. The highest BCUT2D eigenvalue weighted by Crippen LogP contribution is 2.51. The van der Waals surface area contributed by atoms with Gasteiger partial charge in [0.1, 0.15) is 17.7 Å². The molecule has 2 aromatic heterocycles. The van der Waals surface area contributed by atoms with Crippen LogP contribution < -0.4 is 4.90 Å². The normalized spacial score (nSPS) is 19.8. The fraction of sp³-hybridized carbons (Fsp3) is 0.450. The first-order chi connectivity index (χ1) is 12.7. The maximum Gasteiger partial charge on any atom is 0.216 e. The first kappa shape index (κ1) is 15.8. The molecule has 0 amide bonds. The van der Waals surface area contributed by atoms with E-state index in [0.717, 1.165) is 67.5 Å². The number of piperazine rings is 1. The van der Waals surface area contributed by atoms with E-state index in [1.807, 2.05) is 31.2 Å². The van der Waals surface area contributed by atoms with Gasteiger partial charge in [0.15, 0.2) is 5.58 Å². The molecule has 1 saturated heterocycles. The van der Waals surface area contributed by atoms with E-state index >= 15 is 0 Å². The van der Waals surface area contributed by atoms with Gasteiger partial charge >= 0.3 is 0 Å². The van der Waals surface area contributed by atoms with E-state index < -0.39 is 0 Å². The van der Waals surface area contributed by atoms with Crippen LogP contribution in [-0.4, -0.2) is 46.0 Å². The van der Waals surface area contributed by atoms with Crippen molar-refractivity contribution in [3.8, 4) is 0 Å². The van der Waals surface area contributed by atoms with E-state index in [1.165, 1.54) is 5.56 Å². The highest BCUT2D eigenvalue weighted by molar-refractivity contribution is 5.72. The Morgan fingerprint density at radius 1 is 1.00 bits per heavy atom.